The summed E-state index contributed by atoms with van der Waals surface area (Å²) in [6.07, 6.45) is 4.80. The molecular weight excluding hydrogens is 364 g/mol. The number of rotatable bonds is 5. The van der Waals surface area contributed by atoms with Crippen LogP contribution in [0, 0.1) is 0 Å². The SMILES string of the molecule is CC(NC(=O)OC(C)(C)C)C(=O)NCC(=O)C1=CCCC=C1Br. The molecule has 7 heteroatoms. The Kier molecular flexibility index (Phi) is 7.00. The Labute approximate surface area is 144 Å². The van der Waals surface area contributed by atoms with Crippen LogP contribution in [-0.2, 0) is 14.3 Å². The van der Waals surface area contributed by atoms with Crippen molar-refractivity contribution in [2.45, 2.75) is 52.2 Å². The molecule has 0 aromatic carbocycles. The van der Waals surface area contributed by atoms with Crippen LogP contribution in [0.2, 0.25) is 0 Å². The van der Waals surface area contributed by atoms with Crippen molar-refractivity contribution in [1.82, 2.24) is 10.6 Å². The smallest absolute Gasteiger partial charge is 0.408 e. The van der Waals surface area contributed by atoms with Crippen LogP contribution >= 0.6 is 15.9 Å². The summed E-state index contributed by atoms with van der Waals surface area (Å²) in [4.78, 5) is 35.6. The molecule has 0 aromatic rings. The lowest BCUT2D eigenvalue weighted by molar-refractivity contribution is -0.125. The molecule has 23 heavy (non-hydrogen) atoms. The van der Waals surface area contributed by atoms with Crippen molar-refractivity contribution < 1.29 is 19.1 Å². The molecule has 128 valence electrons. The molecule has 0 saturated heterocycles. The number of halogens is 1. The fraction of sp³-hybridized carbons (Fsp3) is 0.562. The van der Waals surface area contributed by atoms with Gasteiger partial charge in [-0.25, -0.2) is 4.79 Å². The van der Waals surface area contributed by atoms with Gasteiger partial charge in [-0.05, 0) is 40.5 Å². The topological polar surface area (TPSA) is 84.5 Å². The number of allylic oxidation sites excluding steroid dienone is 3. The van der Waals surface area contributed by atoms with Gasteiger partial charge in [-0.1, -0.05) is 28.1 Å². The molecule has 6 nitrogen and oxygen atoms in total. The second kappa shape index (κ2) is 8.29. The summed E-state index contributed by atoms with van der Waals surface area (Å²) in [5.41, 5.74) is -0.0632. The minimum absolute atomic E-state index is 0.117. The molecule has 1 rings (SSSR count). The maximum atomic E-state index is 12.1. The van der Waals surface area contributed by atoms with Crippen molar-refractivity contribution in [3.63, 3.8) is 0 Å². The highest BCUT2D eigenvalue weighted by Gasteiger charge is 2.22. The first-order valence-corrected chi connectivity index (χ1v) is 8.26. The summed E-state index contributed by atoms with van der Waals surface area (Å²) in [7, 11) is 0. The highest BCUT2D eigenvalue weighted by molar-refractivity contribution is 9.12. The number of ketones is 1. The third-order valence-corrected chi connectivity index (χ3v) is 3.70. The fourth-order valence-corrected chi connectivity index (χ4v) is 2.47. The van der Waals surface area contributed by atoms with Gasteiger partial charge in [0.2, 0.25) is 5.91 Å². The summed E-state index contributed by atoms with van der Waals surface area (Å²) < 4.78 is 5.83. The Morgan fingerprint density at radius 3 is 2.43 bits per heavy atom. The number of alkyl carbamates (subject to hydrolysis) is 1. The van der Waals surface area contributed by atoms with E-state index in [-0.39, 0.29) is 12.3 Å². The second-order valence-electron chi connectivity index (χ2n) is 6.26. The van der Waals surface area contributed by atoms with Crippen LogP contribution in [0.15, 0.2) is 22.2 Å². The zero-order valence-corrected chi connectivity index (χ0v) is 15.5. The zero-order chi connectivity index (χ0) is 17.6. The molecule has 1 aliphatic carbocycles. The minimum atomic E-state index is -0.794. The van der Waals surface area contributed by atoms with Crippen molar-refractivity contribution in [2.75, 3.05) is 6.54 Å². The number of carbonyl (C=O) groups is 3. The predicted molar refractivity (Wildman–Crippen MR) is 91.2 cm³/mol. The van der Waals surface area contributed by atoms with E-state index in [1.54, 1.807) is 20.8 Å². The maximum absolute atomic E-state index is 12.1. The van der Waals surface area contributed by atoms with Gasteiger partial charge in [0.05, 0.1) is 6.54 Å². The monoisotopic (exact) mass is 386 g/mol. The van der Waals surface area contributed by atoms with E-state index in [9.17, 15) is 14.4 Å². The lowest BCUT2D eigenvalue weighted by atomic mass is 10.0. The Morgan fingerprint density at radius 1 is 1.26 bits per heavy atom. The largest absolute Gasteiger partial charge is 0.444 e. The lowest BCUT2D eigenvalue weighted by Gasteiger charge is -2.21. The summed E-state index contributed by atoms with van der Waals surface area (Å²) in [6, 6.07) is -0.794. The summed E-state index contributed by atoms with van der Waals surface area (Å²) >= 11 is 3.34. The average molecular weight is 387 g/mol. The fourth-order valence-electron chi connectivity index (χ4n) is 1.86. The molecule has 0 bridgehead atoms. The van der Waals surface area contributed by atoms with Gasteiger partial charge >= 0.3 is 6.09 Å². The van der Waals surface area contributed by atoms with E-state index in [1.165, 1.54) is 6.92 Å². The van der Waals surface area contributed by atoms with Crippen molar-refractivity contribution >= 4 is 33.7 Å². The Hall–Kier alpha value is -1.63. The molecular formula is C16H23BrN2O4. The molecule has 2 N–H and O–H groups in total. The van der Waals surface area contributed by atoms with Gasteiger partial charge in [0.15, 0.2) is 5.78 Å². The van der Waals surface area contributed by atoms with Gasteiger partial charge in [-0.15, -0.1) is 0 Å². The molecule has 0 spiro atoms. The summed E-state index contributed by atoms with van der Waals surface area (Å²) in [5, 5.41) is 4.95. The molecule has 0 radical (unpaired) electrons. The van der Waals surface area contributed by atoms with Crippen molar-refractivity contribution in [3.8, 4) is 0 Å². The number of carbonyl (C=O) groups excluding carboxylic acids is 3. The number of nitrogens with one attached hydrogen (secondary N) is 2. The van der Waals surface area contributed by atoms with E-state index >= 15 is 0 Å². The molecule has 0 aliphatic heterocycles. The lowest BCUT2D eigenvalue weighted by Crippen LogP contribution is -2.47. The second-order valence-corrected chi connectivity index (χ2v) is 7.11. The van der Waals surface area contributed by atoms with E-state index in [2.05, 4.69) is 26.6 Å². The van der Waals surface area contributed by atoms with Gasteiger partial charge < -0.3 is 15.4 Å². The Bertz CT molecular complexity index is 547. The first kappa shape index (κ1) is 19.4. The van der Waals surface area contributed by atoms with Gasteiger partial charge in [0.25, 0.3) is 0 Å². The average Bonchev–Trinajstić information content (AvgIpc) is 2.42. The zero-order valence-electron chi connectivity index (χ0n) is 13.9. The molecule has 1 unspecified atom stereocenters. The summed E-state index contributed by atoms with van der Waals surface area (Å²) in [6.45, 7) is 6.62. The molecule has 0 saturated carbocycles. The number of Topliss-reactive ketones (excluding diaryl/α,β-unsaturated/α-hetero) is 1. The number of hydrogen-bond donors (Lipinski definition) is 2. The molecule has 0 heterocycles. The normalized spacial score (nSPS) is 15.9. The van der Waals surface area contributed by atoms with Gasteiger partial charge in [0.1, 0.15) is 11.6 Å². The van der Waals surface area contributed by atoms with E-state index in [0.29, 0.717) is 5.57 Å². The van der Waals surface area contributed by atoms with Crippen LogP contribution in [0.3, 0.4) is 0 Å². The Morgan fingerprint density at radius 2 is 1.87 bits per heavy atom. The van der Waals surface area contributed by atoms with Crippen LogP contribution in [0.25, 0.3) is 0 Å². The van der Waals surface area contributed by atoms with E-state index in [1.807, 2.05) is 12.2 Å². The van der Waals surface area contributed by atoms with Crippen LogP contribution in [0.1, 0.15) is 40.5 Å². The third-order valence-electron chi connectivity index (χ3n) is 2.95. The van der Waals surface area contributed by atoms with Gasteiger partial charge in [0, 0.05) is 10.1 Å². The van der Waals surface area contributed by atoms with E-state index < -0.39 is 23.6 Å². The Balaban J connectivity index is 2.44. The van der Waals surface area contributed by atoms with Crippen LogP contribution < -0.4 is 10.6 Å². The molecule has 0 fully saturated rings. The maximum Gasteiger partial charge on any atom is 0.408 e. The molecule has 1 atom stereocenters. The third kappa shape index (κ3) is 6.99. The number of ether oxygens (including phenoxy) is 1. The predicted octanol–water partition coefficient (Wildman–Crippen LogP) is 2.58. The highest BCUT2D eigenvalue weighted by Crippen LogP contribution is 2.24. The first-order valence-electron chi connectivity index (χ1n) is 7.47. The standard InChI is InChI=1S/C16H23BrN2O4/c1-10(19-15(22)23-16(2,3)4)14(21)18-9-13(20)11-7-5-6-8-12(11)17/h7-8,10H,5-6,9H2,1-4H3,(H,18,21)(H,19,22). The quantitative estimate of drug-likeness (QED) is 0.760. The van der Waals surface area contributed by atoms with Crippen LogP contribution in [-0.4, -0.2) is 36.0 Å². The molecule has 1 aliphatic rings. The number of amides is 2. The van der Waals surface area contributed by atoms with Gasteiger partial charge in [-0.2, -0.15) is 0 Å². The van der Waals surface area contributed by atoms with Crippen molar-refractivity contribution in [1.29, 1.82) is 0 Å². The van der Waals surface area contributed by atoms with E-state index in [4.69, 9.17) is 4.74 Å². The molecule has 0 aromatic heterocycles. The first-order chi connectivity index (χ1) is 10.6. The van der Waals surface area contributed by atoms with Gasteiger partial charge in [-0.3, -0.25) is 9.59 Å². The minimum Gasteiger partial charge on any atom is -0.444 e. The number of hydrogen-bond acceptors (Lipinski definition) is 4. The molecule has 2 amide bonds. The van der Waals surface area contributed by atoms with Crippen molar-refractivity contribution in [3.05, 3.63) is 22.2 Å². The van der Waals surface area contributed by atoms with Crippen LogP contribution in [0.5, 0.6) is 0 Å². The van der Waals surface area contributed by atoms with Crippen LogP contribution in [0.4, 0.5) is 4.79 Å². The summed E-state index contributed by atoms with van der Waals surface area (Å²) in [5.74, 6) is -0.619. The van der Waals surface area contributed by atoms with Crippen molar-refractivity contribution in [2.24, 2.45) is 0 Å². The van der Waals surface area contributed by atoms with E-state index in [0.717, 1.165) is 17.3 Å². The highest BCUT2D eigenvalue weighted by atomic mass is 79.9.